The number of rotatable bonds is 7. The topological polar surface area (TPSA) is 181 Å². The van der Waals surface area contributed by atoms with Crippen molar-refractivity contribution in [3.8, 4) is 0 Å². The third kappa shape index (κ3) is 4.51. The smallest absolute Gasteiger partial charge is 0.410 e. The van der Waals surface area contributed by atoms with E-state index in [4.69, 9.17) is 4.74 Å². The number of carbonyl (C=O) groups is 4. The third-order valence-corrected chi connectivity index (χ3v) is 9.08. The van der Waals surface area contributed by atoms with Crippen molar-refractivity contribution in [2.75, 3.05) is 37.7 Å². The van der Waals surface area contributed by atoms with Gasteiger partial charge in [0, 0.05) is 54.8 Å². The van der Waals surface area contributed by atoms with Crippen molar-refractivity contribution >= 4 is 40.5 Å². The Bertz CT molecular complexity index is 1660. The molecule has 4 atom stereocenters. The Kier molecular flexibility index (Phi) is 6.91. The minimum atomic E-state index is -1.40. The van der Waals surface area contributed by atoms with Crippen LogP contribution in [0.2, 0.25) is 0 Å². The minimum Gasteiger partial charge on any atom is -0.477 e. The first-order valence-electron chi connectivity index (χ1n) is 14.2. The highest BCUT2D eigenvalue weighted by Crippen LogP contribution is 2.49. The quantitative estimate of drug-likeness (QED) is 0.343. The number of aliphatic hydroxyl groups is 1. The summed E-state index contributed by atoms with van der Waals surface area (Å²) in [4.78, 5) is 69.0. The molecule has 4 aliphatic rings. The largest absolute Gasteiger partial charge is 0.477 e. The van der Waals surface area contributed by atoms with Crippen LogP contribution in [0, 0.1) is 17.7 Å². The lowest BCUT2D eigenvalue weighted by Gasteiger charge is -2.46. The Morgan fingerprint density at radius 2 is 1.79 bits per heavy atom. The van der Waals surface area contributed by atoms with E-state index in [9.17, 15) is 39.3 Å². The average molecular weight is 599 g/mol. The highest BCUT2D eigenvalue weighted by atomic mass is 19.1. The van der Waals surface area contributed by atoms with Gasteiger partial charge in [0.15, 0.2) is 0 Å². The maximum absolute atomic E-state index is 15.6. The molecule has 1 saturated carbocycles. The third-order valence-electron chi connectivity index (χ3n) is 9.08. The molecule has 6 rings (SSSR count). The Labute approximate surface area is 244 Å². The predicted octanol–water partition coefficient (Wildman–Crippen LogP) is 1.70. The normalized spacial score (nSPS) is 24.2. The van der Waals surface area contributed by atoms with Crippen molar-refractivity contribution in [3.63, 3.8) is 0 Å². The van der Waals surface area contributed by atoms with Gasteiger partial charge < -0.3 is 39.7 Å². The van der Waals surface area contributed by atoms with E-state index in [1.807, 2.05) is 0 Å². The lowest BCUT2D eigenvalue weighted by atomic mass is 9.78. The number of H-pyrrole nitrogens is 1. The number of carbonyl (C=O) groups excluding carboxylic acids is 2. The monoisotopic (exact) mass is 598 g/mol. The number of carboxylic acid groups (broad SMARTS) is 2. The van der Waals surface area contributed by atoms with Crippen molar-refractivity contribution < 1.29 is 43.6 Å². The molecule has 2 aromatic rings. The minimum absolute atomic E-state index is 0.0129. The molecule has 2 saturated heterocycles. The molecule has 13 nitrogen and oxygen atoms in total. The molecule has 1 aromatic heterocycles. The number of ether oxygens (including phenoxy) is 1. The summed E-state index contributed by atoms with van der Waals surface area (Å²) < 4.78 is 21.1. The van der Waals surface area contributed by atoms with Crippen LogP contribution >= 0.6 is 0 Å². The molecular formula is C29H31FN4O9. The summed E-state index contributed by atoms with van der Waals surface area (Å²) in [6, 6.07) is 0.550. The molecule has 4 N–H and O–H groups in total. The predicted molar refractivity (Wildman–Crippen MR) is 148 cm³/mol. The van der Waals surface area contributed by atoms with E-state index >= 15 is 4.39 Å². The second-order valence-electron chi connectivity index (χ2n) is 11.6. The van der Waals surface area contributed by atoms with Crippen molar-refractivity contribution in [3.05, 3.63) is 50.7 Å². The lowest BCUT2D eigenvalue weighted by Crippen LogP contribution is -2.63. The zero-order valence-corrected chi connectivity index (χ0v) is 23.5. The van der Waals surface area contributed by atoms with Gasteiger partial charge in [-0.25, -0.2) is 18.8 Å². The second kappa shape index (κ2) is 10.4. The molecule has 0 unspecified atom stereocenters. The zero-order chi connectivity index (χ0) is 30.9. The number of hydrogen-bond acceptors (Lipinski definition) is 8. The summed E-state index contributed by atoms with van der Waals surface area (Å²) in [5.74, 6) is -4.96. The number of aliphatic carboxylic acids is 1. The Morgan fingerprint density at radius 3 is 2.37 bits per heavy atom. The molecule has 3 fully saturated rings. The summed E-state index contributed by atoms with van der Waals surface area (Å²) in [5.41, 5.74) is 0.210. The number of halogens is 1. The molecule has 0 spiro atoms. The van der Waals surface area contributed by atoms with E-state index in [1.54, 1.807) is 11.8 Å². The standard InChI is InChI=1S/C29H31FN4O9/c1-12-17(23(28(40)41)34-22(12)19(13(2)35)26(34)37)11-43-29(42)33-7-5-32(6-8-33)24-18(30)9-15-21(20(24)14-3-4-14)31-10-16(25(15)36)27(38)39/h9-10,12-14,19,22,35H,3-8,11H2,1-2H3,(H,31,36)(H,38,39)(H,40,41)/t12-,13+,19-,22+/m0/s1. The van der Waals surface area contributed by atoms with Crippen LogP contribution in [0.25, 0.3) is 10.9 Å². The van der Waals surface area contributed by atoms with Crippen LogP contribution in [0.1, 0.15) is 48.5 Å². The first-order valence-corrected chi connectivity index (χ1v) is 14.2. The maximum Gasteiger partial charge on any atom is 0.410 e. The zero-order valence-electron chi connectivity index (χ0n) is 23.5. The van der Waals surface area contributed by atoms with Crippen LogP contribution in [0.4, 0.5) is 14.9 Å². The summed E-state index contributed by atoms with van der Waals surface area (Å²) >= 11 is 0. The number of fused-ring (bicyclic) bond motifs is 2. The highest BCUT2D eigenvalue weighted by molar-refractivity contribution is 6.00. The first-order chi connectivity index (χ1) is 20.4. The molecule has 3 aliphatic heterocycles. The van der Waals surface area contributed by atoms with Crippen LogP contribution in [0.15, 0.2) is 28.3 Å². The summed E-state index contributed by atoms with van der Waals surface area (Å²) in [6.07, 6.45) is 1.11. The number of aromatic carboxylic acids is 1. The van der Waals surface area contributed by atoms with Gasteiger partial charge in [-0.15, -0.1) is 0 Å². The number of anilines is 1. The number of aromatic nitrogens is 1. The van der Waals surface area contributed by atoms with E-state index in [0.29, 0.717) is 22.3 Å². The van der Waals surface area contributed by atoms with Crippen molar-refractivity contribution in [2.24, 2.45) is 11.8 Å². The van der Waals surface area contributed by atoms with Crippen molar-refractivity contribution in [1.82, 2.24) is 14.8 Å². The van der Waals surface area contributed by atoms with Gasteiger partial charge in [0.1, 0.15) is 23.7 Å². The number of nitrogens with zero attached hydrogens (tertiary/aromatic N) is 3. The average Bonchev–Trinajstić information content (AvgIpc) is 3.76. The SMILES string of the molecule is C[C@@H](O)[C@@H]1C(=O)N2C(C(=O)O)=C(COC(=O)N3CCN(c4c(F)cc5c(=O)c(C(=O)O)c[nH]c5c4C4CC4)CC3)[C@H](C)[C@H]12. The molecule has 228 valence electrons. The van der Waals surface area contributed by atoms with Gasteiger partial charge in [0.25, 0.3) is 0 Å². The van der Waals surface area contributed by atoms with Crippen LogP contribution in [0.3, 0.4) is 0 Å². The van der Waals surface area contributed by atoms with Gasteiger partial charge in [-0.1, -0.05) is 6.92 Å². The molecule has 0 radical (unpaired) electrons. The molecule has 1 aliphatic carbocycles. The van der Waals surface area contributed by atoms with Crippen molar-refractivity contribution in [2.45, 2.75) is 44.8 Å². The van der Waals surface area contributed by atoms with E-state index in [-0.39, 0.29) is 49.8 Å². The summed E-state index contributed by atoms with van der Waals surface area (Å²) in [7, 11) is 0. The van der Waals surface area contributed by atoms with E-state index in [0.717, 1.165) is 30.0 Å². The number of benzene rings is 1. The fourth-order valence-electron chi connectivity index (χ4n) is 6.78. The Morgan fingerprint density at radius 1 is 1.12 bits per heavy atom. The number of carboxylic acids is 2. The van der Waals surface area contributed by atoms with Gasteiger partial charge in [-0.3, -0.25) is 9.59 Å². The number of β-lactam (4-membered cyclic amide) rings is 1. The fourth-order valence-corrected chi connectivity index (χ4v) is 6.78. The maximum atomic E-state index is 15.6. The highest BCUT2D eigenvalue weighted by Gasteiger charge is 2.60. The Balaban J connectivity index is 1.17. The van der Waals surface area contributed by atoms with E-state index in [2.05, 4.69) is 4.98 Å². The fraction of sp³-hybridized carbons (Fsp3) is 0.483. The second-order valence-corrected chi connectivity index (χ2v) is 11.6. The van der Waals surface area contributed by atoms with Crippen LogP contribution in [-0.2, 0) is 14.3 Å². The number of piperazine rings is 1. The van der Waals surface area contributed by atoms with Crippen LogP contribution in [-0.4, -0.2) is 99.0 Å². The van der Waals surface area contributed by atoms with Gasteiger partial charge in [-0.2, -0.15) is 0 Å². The lowest BCUT2D eigenvalue weighted by molar-refractivity contribution is -0.163. The van der Waals surface area contributed by atoms with E-state index in [1.165, 1.54) is 11.8 Å². The molecule has 4 heterocycles. The van der Waals surface area contributed by atoms with Gasteiger partial charge in [0.05, 0.1) is 29.3 Å². The van der Waals surface area contributed by atoms with E-state index < -0.39 is 64.7 Å². The summed E-state index contributed by atoms with van der Waals surface area (Å²) in [6.45, 7) is 3.78. The number of hydrogen-bond donors (Lipinski definition) is 4. The number of aromatic amines is 1. The molecule has 43 heavy (non-hydrogen) atoms. The number of nitrogens with one attached hydrogen (secondary N) is 1. The molecule has 1 aromatic carbocycles. The van der Waals surface area contributed by atoms with Gasteiger partial charge in [0.2, 0.25) is 11.3 Å². The number of aliphatic hydroxyl groups excluding tert-OH is 1. The van der Waals surface area contributed by atoms with Gasteiger partial charge >= 0.3 is 18.0 Å². The number of amides is 2. The molecular weight excluding hydrogens is 567 g/mol. The first kappa shape index (κ1) is 28.6. The van der Waals surface area contributed by atoms with Crippen LogP contribution < -0.4 is 10.3 Å². The number of pyridine rings is 1. The van der Waals surface area contributed by atoms with Crippen LogP contribution in [0.5, 0.6) is 0 Å². The molecule has 0 bridgehead atoms. The molecule has 2 amide bonds. The van der Waals surface area contributed by atoms with Gasteiger partial charge in [-0.05, 0) is 31.7 Å². The summed E-state index contributed by atoms with van der Waals surface area (Å²) in [5, 5.41) is 29.1. The molecule has 14 heteroatoms. The van der Waals surface area contributed by atoms with Crippen molar-refractivity contribution in [1.29, 1.82) is 0 Å². The Hall–Kier alpha value is -4.46.